The zero-order chi connectivity index (χ0) is 15.9. The highest BCUT2D eigenvalue weighted by atomic mass is 35.5. The Balaban J connectivity index is 1.91. The number of amides is 1. The van der Waals surface area contributed by atoms with E-state index in [1.807, 2.05) is 0 Å². The minimum Gasteiger partial charge on any atom is -0.479 e. The SMILES string of the molecule is O=C(O)C1c2cn[nH]c2CN1C(=O)[C@H](O)c1ccccc1Cl. The molecule has 2 atom stereocenters. The van der Waals surface area contributed by atoms with Gasteiger partial charge in [-0.05, 0) is 6.07 Å². The molecule has 3 N–H and O–H groups in total. The molecule has 0 saturated heterocycles. The molecule has 1 amide bonds. The molecule has 2 heterocycles. The van der Waals surface area contributed by atoms with E-state index in [0.29, 0.717) is 11.3 Å². The lowest BCUT2D eigenvalue weighted by Gasteiger charge is -2.25. The molecule has 7 nitrogen and oxygen atoms in total. The fraction of sp³-hybridized carbons (Fsp3) is 0.214. The molecule has 3 rings (SSSR count). The van der Waals surface area contributed by atoms with Gasteiger partial charge in [0.25, 0.3) is 5.91 Å². The van der Waals surface area contributed by atoms with Crippen molar-refractivity contribution in [1.82, 2.24) is 15.1 Å². The molecule has 22 heavy (non-hydrogen) atoms. The summed E-state index contributed by atoms with van der Waals surface area (Å²) in [5.74, 6) is -1.90. The molecule has 8 heteroatoms. The monoisotopic (exact) mass is 321 g/mol. The number of aliphatic carboxylic acids is 1. The van der Waals surface area contributed by atoms with Gasteiger partial charge in [-0.1, -0.05) is 29.8 Å². The predicted octanol–water partition coefficient (Wildman–Crippen LogP) is 1.26. The number of benzene rings is 1. The summed E-state index contributed by atoms with van der Waals surface area (Å²) in [7, 11) is 0. The van der Waals surface area contributed by atoms with E-state index in [1.54, 1.807) is 18.2 Å². The van der Waals surface area contributed by atoms with E-state index in [0.717, 1.165) is 4.90 Å². The molecule has 1 aromatic heterocycles. The first-order valence-corrected chi connectivity index (χ1v) is 6.86. The molecule has 1 aliphatic heterocycles. The number of hydrogen-bond acceptors (Lipinski definition) is 4. The van der Waals surface area contributed by atoms with E-state index < -0.39 is 24.0 Å². The van der Waals surface area contributed by atoms with Crippen molar-refractivity contribution in [2.24, 2.45) is 0 Å². The Labute approximate surface area is 130 Å². The van der Waals surface area contributed by atoms with Crippen LogP contribution in [0.15, 0.2) is 30.5 Å². The van der Waals surface area contributed by atoms with Crippen LogP contribution in [0.4, 0.5) is 0 Å². The number of carbonyl (C=O) groups is 2. The van der Waals surface area contributed by atoms with E-state index in [9.17, 15) is 19.8 Å². The summed E-state index contributed by atoms with van der Waals surface area (Å²) in [6.07, 6.45) is -0.143. The minimum atomic E-state index is -1.52. The van der Waals surface area contributed by atoms with Gasteiger partial charge in [-0.2, -0.15) is 5.10 Å². The second-order valence-electron chi connectivity index (χ2n) is 4.93. The molecular weight excluding hydrogens is 310 g/mol. The highest BCUT2D eigenvalue weighted by molar-refractivity contribution is 6.31. The predicted molar refractivity (Wildman–Crippen MR) is 75.9 cm³/mol. The Kier molecular flexibility index (Phi) is 3.59. The van der Waals surface area contributed by atoms with E-state index in [1.165, 1.54) is 12.3 Å². The molecule has 0 spiro atoms. The summed E-state index contributed by atoms with van der Waals surface area (Å²) in [6.45, 7) is 0.0483. The Morgan fingerprint density at radius 2 is 2.14 bits per heavy atom. The second-order valence-corrected chi connectivity index (χ2v) is 5.34. The van der Waals surface area contributed by atoms with E-state index in [-0.39, 0.29) is 17.1 Å². The molecule has 1 unspecified atom stereocenters. The number of aliphatic hydroxyl groups is 1. The first-order valence-electron chi connectivity index (χ1n) is 6.48. The number of halogens is 1. The molecule has 2 aromatic rings. The first-order chi connectivity index (χ1) is 10.5. The number of nitrogens with one attached hydrogen (secondary N) is 1. The van der Waals surface area contributed by atoms with Gasteiger partial charge in [0.05, 0.1) is 18.4 Å². The van der Waals surface area contributed by atoms with E-state index in [2.05, 4.69) is 10.2 Å². The largest absolute Gasteiger partial charge is 0.479 e. The summed E-state index contributed by atoms with van der Waals surface area (Å²) in [4.78, 5) is 25.1. The highest BCUT2D eigenvalue weighted by Crippen LogP contribution is 2.35. The highest BCUT2D eigenvalue weighted by Gasteiger charge is 2.42. The maximum absolute atomic E-state index is 12.5. The molecule has 0 saturated carbocycles. The van der Waals surface area contributed by atoms with Gasteiger partial charge in [0.15, 0.2) is 12.1 Å². The van der Waals surface area contributed by atoms with Crippen molar-refractivity contribution in [2.45, 2.75) is 18.7 Å². The van der Waals surface area contributed by atoms with Crippen LogP contribution in [0.5, 0.6) is 0 Å². The van der Waals surface area contributed by atoms with Crippen LogP contribution < -0.4 is 0 Å². The van der Waals surface area contributed by atoms with Gasteiger partial charge in [-0.3, -0.25) is 9.89 Å². The number of carbonyl (C=O) groups excluding carboxylic acids is 1. The lowest BCUT2D eigenvalue weighted by atomic mass is 10.1. The standard InChI is InChI=1S/C14H12ClN3O4/c15-9-4-2-1-3-7(9)12(19)13(20)18-6-10-8(5-16-17-10)11(18)14(21)22/h1-5,11-12,19H,6H2,(H,16,17)(H,21,22)/t11?,12-/m1/s1. The summed E-state index contributed by atoms with van der Waals surface area (Å²) in [6, 6.07) is 5.23. The van der Waals surface area contributed by atoms with Crippen LogP contribution in [0.25, 0.3) is 0 Å². The molecular formula is C14H12ClN3O4. The van der Waals surface area contributed by atoms with Crippen LogP contribution in [0, 0.1) is 0 Å². The van der Waals surface area contributed by atoms with Gasteiger partial charge in [-0.25, -0.2) is 4.79 Å². The average molecular weight is 322 g/mol. The lowest BCUT2D eigenvalue weighted by Crippen LogP contribution is -2.37. The maximum Gasteiger partial charge on any atom is 0.331 e. The molecule has 0 aliphatic carbocycles. The third kappa shape index (κ3) is 2.24. The van der Waals surface area contributed by atoms with Crippen LogP contribution in [-0.2, 0) is 16.1 Å². The third-order valence-electron chi connectivity index (χ3n) is 3.64. The van der Waals surface area contributed by atoms with Crippen molar-refractivity contribution in [3.63, 3.8) is 0 Å². The van der Waals surface area contributed by atoms with E-state index in [4.69, 9.17) is 11.6 Å². The molecule has 1 aromatic carbocycles. The minimum absolute atomic E-state index is 0.0483. The van der Waals surface area contributed by atoms with Gasteiger partial charge in [0.2, 0.25) is 0 Å². The second kappa shape index (κ2) is 5.43. The van der Waals surface area contributed by atoms with Crippen LogP contribution in [0.2, 0.25) is 5.02 Å². The Hall–Kier alpha value is -2.38. The van der Waals surface area contributed by atoms with Gasteiger partial charge in [-0.15, -0.1) is 0 Å². The lowest BCUT2D eigenvalue weighted by molar-refractivity contribution is -0.154. The number of rotatable bonds is 3. The normalized spacial score (nSPS) is 18.1. The zero-order valence-electron chi connectivity index (χ0n) is 11.2. The van der Waals surface area contributed by atoms with Gasteiger partial charge >= 0.3 is 5.97 Å². The van der Waals surface area contributed by atoms with Crippen molar-refractivity contribution >= 4 is 23.5 Å². The topological polar surface area (TPSA) is 107 Å². The fourth-order valence-electron chi connectivity index (χ4n) is 2.57. The number of aromatic amines is 1. The summed E-state index contributed by atoms with van der Waals surface area (Å²) in [5.41, 5.74) is 1.21. The Bertz CT molecular complexity index is 745. The van der Waals surface area contributed by atoms with Gasteiger partial charge in [0, 0.05) is 16.1 Å². The van der Waals surface area contributed by atoms with Gasteiger partial charge in [0.1, 0.15) is 0 Å². The molecule has 0 radical (unpaired) electrons. The smallest absolute Gasteiger partial charge is 0.331 e. The summed E-state index contributed by atoms with van der Waals surface area (Å²) >= 11 is 5.97. The number of carboxylic acid groups (broad SMARTS) is 1. The molecule has 1 aliphatic rings. The number of hydrogen-bond donors (Lipinski definition) is 3. The van der Waals surface area contributed by atoms with Crippen LogP contribution >= 0.6 is 11.6 Å². The van der Waals surface area contributed by atoms with Gasteiger partial charge < -0.3 is 15.1 Å². The summed E-state index contributed by atoms with van der Waals surface area (Å²) < 4.78 is 0. The molecule has 114 valence electrons. The zero-order valence-corrected chi connectivity index (χ0v) is 12.0. The molecule has 0 fully saturated rings. The van der Waals surface area contributed by atoms with Crippen molar-refractivity contribution < 1.29 is 19.8 Å². The Morgan fingerprint density at radius 3 is 2.82 bits per heavy atom. The number of fused-ring (bicyclic) bond motifs is 1. The number of H-pyrrole nitrogens is 1. The van der Waals surface area contributed by atoms with Crippen molar-refractivity contribution in [1.29, 1.82) is 0 Å². The fourth-order valence-corrected chi connectivity index (χ4v) is 2.81. The van der Waals surface area contributed by atoms with Crippen LogP contribution in [-0.4, -0.2) is 37.2 Å². The maximum atomic E-state index is 12.5. The van der Waals surface area contributed by atoms with Crippen molar-refractivity contribution in [2.75, 3.05) is 0 Å². The third-order valence-corrected chi connectivity index (χ3v) is 3.98. The summed E-state index contributed by atoms with van der Waals surface area (Å²) in [5, 5.41) is 26.3. The number of aliphatic hydroxyl groups excluding tert-OH is 1. The number of nitrogens with zero attached hydrogens (tertiary/aromatic N) is 2. The average Bonchev–Trinajstić information content (AvgIpc) is 3.06. The Morgan fingerprint density at radius 1 is 1.41 bits per heavy atom. The quantitative estimate of drug-likeness (QED) is 0.789. The number of carboxylic acids is 1. The van der Waals surface area contributed by atoms with Crippen molar-refractivity contribution in [3.8, 4) is 0 Å². The number of aromatic nitrogens is 2. The van der Waals surface area contributed by atoms with E-state index >= 15 is 0 Å². The molecule has 0 bridgehead atoms. The van der Waals surface area contributed by atoms with Crippen LogP contribution in [0.1, 0.15) is 29.0 Å². The first kappa shape index (κ1) is 14.6. The van der Waals surface area contributed by atoms with Crippen molar-refractivity contribution in [3.05, 3.63) is 52.3 Å². The van der Waals surface area contributed by atoms with Crippen LogP contribution in [0.3, 0.4) is 0 Å².